The summed E-state index contributed by atoms with van der Waals surface area (Å²) in [5.74, 6) is 1.37. The number of anilines is 1. The maximum Gasteiger partial charge on any atom is 0.142 e. The smallest absolute Gasteiger partial charge is 0.142 e. The summed E-state index contributed by atoms with van der Waals surface area (Å²) in [5.41, 5.74) is 3.12. The Labute approximate surface area is 123 Å². The van der Waals surface area contributed by atoms with Gasteiger partial charge in [-0.1, -0.05) is 6.07 Å². The van der Waals surface area contributed by atoms with E-state index in [1.165, 1.54) is 6.07 Å². The summed E-state index contributed by atoms with van der Waals surface area (Å²) >= 11 is 0. The second-order valence-corrected chi connectivity index (χ2v) is 5.14. The van der Waals surface area contributed by atoms with Crippen molar-refractivity contribution >= 4 is 5.69 Å². The quantitative estimate of drug-likeness (QED) is 0.924. The lowest BCUT2D eigenvalue weighted by Gasteiger charge is -2.18. The van der Waals surface area contributed by atoms with Crippen molar-refractivity contribution in [2.75, 3.05) is 19.5 Å². The number of benzene rings is 2. The van der Waals surface area contributed by atoms with Gasteiger partial charge in [0, 0.05) is 6.07 Å². The molecule has 0 aliphatic heterocycles. The molecular weight excluding hydrogens is 269 g/mol. The molecule has 0 spiro atoms. The van der Waals surface area contributed by atoms with E-state index in [1.54, 1.807) is 20.3 Å². The molecule has 2 aromatic rings. The summed E-state index contributed by atoms with van der Waals surface area (Å²) in [6.07, 6.45) is 1.83. The van der Waals surface area contributed by atoms with Crippen LogP contribution < -0.4 is 14.8 Å². The van der Waals surface area contributed by atoms with Crippen LogP contribution in [0.25, 0.3) is 0 Å². The van der Waals surface area contributed by atoms with Crippen LogP contribution in [0.3, 0.4) is 0 Å². The third kappa shape index (κ3) is 2.66. The van der Waals surface area contributed by atoms with Gasteiger partial charge in [-0.15, -0.1) is 0 Å². The van der Waals surface area contributed by atoms with Gasteiger partial charge in [0.2, 0.25) is 0 Å². The second-order valence-electron chi connectivity index (χ2n) is 5.14. The number of hydrogen-bond acceptors (Lipinski definition) is 3. The van der Waals surface area contributed by atoms with Gasteiger partial charge >= 0.3 is 0 Å². The summed E-state index contributed by atoms with van der Waals surface area (Å²) in [6, 6.07) is 10.8. The van der Waals surface area contributed by atoms with Gasteiger partial charge in [0.15, 0.2) is 0 Å². The topological polar surface area (TPSA) is 30.5 Å². The van der Waals surface area contributed by atoms with E-state index in [0.717, 1.165) is 41.2 Å². The Hall–Kier alpha value is -2.23. The van der Waals surface area contributed by atoms with E-state index in [4.69, 9.17) is 9.47 Å². The van der Waals surface area contributed by atoms with Crippen molar-refractivity contribution in [3.8, 4) is 11.5 Å². The Morgan fingerprint density at radius 3 is 2.71 bits per heavy atom. The molecule has 2 aromatic carbocycles. The van der Waals surface area contributed by atoms with Crippen LogP contribution in [0, 0.1) is 5.82 Å². The highest BCUT2D eigenvalue weighted by Gasteiger charge is 2.23. The molecule has 0 radical (unpaired) electrons. The summed E-state index contributed by atoms with van der Waals surface area (Å²) in [6.45, 7) is 0. The standard InChI is InChI=1S/C17H18FNO2/c1-20-13-5-8-17(21-2)16(10-13)19-15-7-3-11-9-12(18)4-6-14(11)15/h4-6,8-10,15,19H,3,7H2,1-2H3. The normalized spacial score (nSPS) is 16.4. The number of halogens is 1. The maximum atomic E-state index is 13.3. The minimum absolute atomic E-state index is 0.168. The Kier molecular flexibility index (Phi) is 3.69. The molecule has 0 fully saturated rings. The molecular formula is C17H18FNO2. The van der Waals surface area contributed by atoms with E-state index in [2.05, 4.69) is 5.32 Å². The highest BCUT2D eigenvalue weighted by atomic mass is 19.1. The van der Waals surface area contributed by atoms with Gasteiger partial charge in [0.1, 0.15) is 17.3 Å². The average molecular weight is 287 g/mol. The summed E-state index contributed by atoms with van der Waals surface area (Å²) in [7, 11) is 3.28. The molecule has 0 heterocycles. The lowest BCUT2D eigenvalue weighted by atomic mass is 10.1. The lowest BCUT2D eigenvalue weighted by Crippen LogP contribution is -2.08. The maximum absolute atomic E-state index is 13.3. The molecule has 0 bridgehead atoms. The number of aryl methyl sites for hydroxylation is 1. The first kappa shape index (κ1) is 13.7. The van der Waals surface area contributed by atoms with Gasteiger partial charge in [-0.25, -0.2) is 4.39 Å². The van der Waals surface area contributed by atoms with Gasteiger partial charge in [-0.2, -0.15) is 0 Å². The second kappa shape index (κ2) is 5.64. The van der Waals surface area contributed by atoms with E-state index in [1.807, 2.05) is 24.3 Å². The molecule has 1 unspecified atom stereocenters. The van der Waals surface area contributed by atoms with Crippen LogP contribution in [0.2, 0.25) is 0 Å². The molecule has 21 heavy (non-hydrogen) atoms. The van der Waals surface area contributed by atoms with E-state index in [9.17, 15) is 4.39 Å². The highest BCUT2D eigenvalue weighted by Crippen LogP contribution is 2.37. The molecule has 1 N–H and O–H groups in total. The lowest BCUT2D eigenvalue weighted by molar-refractivity contribution is 0.404. The van der Waals surface area contributed by atoms with E-state index < -0.39 is 0 Å². The van der Waals surface area contributed by atoms with E-state index in [-0.39, 0.29) is 11.9 Å². The monoisotopic (exact) mass is 287 g/mol. The SMILES string of the molecule is COc1ccc(OC)c(NC2CCc3cc(F)ccc32)c1. The predicted octanol–water partition coefficient (Wildman–Crippen LogP) is 3.94. The van der Waals surface area contributed by atoms with E-state index >= 15 is 0 Å². The molecule has 4 heteroatoms. The minimum Gasteiger partial charge on any atom is -0.497 e. The number of ether oxygens (including phenoxy) is 2. The van der Waals surface area contributed by atoms with Crippen molar-refractivity contribution in [3.05, 3.63) is 53.3 Å². The zero-order chi connectivity index (χ0) is 14.8. The fraction of sp³-hybridized carbons (Fsp3) is 0.294. The Morgan fingerprint density at radius 1 is 1.10 bits per heavy atom. The third-order valence-electron chi connectivity index (χ3n) is 3.92. The number of fused-ring (bicyclic) bond motifs is 1. The molecule has 1 atom stereocenters. The fourth-order valence-corrected chi connectivity index (χ4v) is 2.85. The molecule has 110 valence electrons. The Bertz CT molecular complexity index is 657. The third-order valence-corrected chi connectivity index (χ3v) is 3.92. The summed E-state index contributed by atoms with van der Waals surface area (Å²) in [5, 5.41) is 3.48. The number of nitrogens with one attached hydrogen (secondary N) is 1. The minimum atomic E-state index is -0.173. The van der Waals surface area contributed by atoms with Crippen LogP contribution in [0.15, 0.2) is 36.4 Å². The van der Waals surface area contributed by atoms with Crippen LogP contribution in [0.5, 0.6) is 11.5 Å². The van der Waals surface area contributed by atoms with Crippen molar-refractivity contribution in [2.24, 2.45) is 0 Å². The molecule has 3 rings (SSSR count). The summed E-state index contributed by atoms with van der Waals surface area (Å²) < 4.78 is 23.9. The zero-order valence-corrected chi connectivity index (χ0v) is 12.2. The Morgan fingerprint density at radius 2 is 1.95 bits per heavy atom. The zero-order valence-electron chi connectivity index (χ0n) is 12.2. The van der Waals surface area contributed by atoms with Crippen molar-refractivity contribution in [2.45, 2.75) is 18.9 Å². The predicted molar refractivity (Wildman–Crippen MR) is 80.6 cm³/mol. The van der Waals surface area contributed by atoms with Gasteiger partial charge in [-0.3, -0.25) is 0 Å². The van der Waals surface area contributed by atoms with Crippen LogP contribution in [-0.2, 0) is 6.42 Å². The van der Waals surface area contributed by atoms with Crippen molar-refractivity contribution < 1.29 is 13.9 Å². The van der Waals surface area contributed by atoms with Crippen LogP contribution in [0.4, 0.5) is 10.1 Å². The average Bonchev–Trinajstić information content (AvgIpc) is 2.89. The van der Waals surface area contributed by atoms with Crippen molar-refractivity contribution in [1.82, 2.24) is 0 Å². The first-order valence-electron chi connectivity index (χ1n) is 6.98. The number of methoxy groups -OCH3 is 2. The van der Waals surface area contributed by atoms with Gasteiger partial charge in [-0.05, 0) is 48.2 Å². The Balaban J connectivity index is 1.88. The van der Waals surface area contributed by atoms with Crippen LogP contribution >= 0.6 is 0 Å². The molecule has 1 aliphatic carbocycles. The largest absolute Gasteiger partial charge is 0.497 e. The molecule has 1 aliphatic rings. The first-order chi connectivity index (χ1) is 10.2. The van der Waals surface area contributed by atoms with Crippen molar-refractivity contribution in [3.63, 3.8) is 0 Å². The number of rotatable bonds is 4. The van der Waals surface area contributed by atoms with Crippen LogP contribution in [-0.4, -0.2) is 14.2 Å². The molecule has 0 amide bonds. The van der Waals surface area contributed by atoms with E-state index in [0.29, 0.717) is 0 Å². The fourth-order valence-electron chi connectivity index (χ4n) is 2.85. The first-order valence-corrected chi connectivity index (χ1v) is 6.98. The molecule has 0 aromatic heterocycles. The highest BCUT2D eigenvalue weighted by molar-refractivity contribution is 5.61. The van der Waals surface area contributed by atoms with Gasteiger partial charge in [0.05, 0.1) is 25.9 Å². The van der Waals surface area contributed by atoms with Crippen molar-refractivity contribution in [1.29, 1.82) is 0 Å². The summed E-state index contributed by atoms with van der Waals surface area (Å²) in [4.78, 5) is 0. The number of hydrogen-bond donors (Lipinski definition) is 1. The van der Waals surface area contributed by atoms with Gasteiger partial charge < -0.3 is 14.8 Å². The molecule has 0 saturated carbocycles. The molecule has 3 nitrogen and oxygen atoms in total. The molecule has 0 saturated heterocycles. The van der Waals surface area contributed by atoms with Crippen LogP contribution in [0.1, 0.15) is 23.6 Å². The van der Waals surface area contributed by atoms with Gasteiger partial charge in [0.25, 0.3) is 0 Å².